The number of hydrogen-bond acceptors (Lipinski definition) is 4. The normalized spacial score (nSPS) is 34.6. The van der Waals surface area contributed by atoms with Gasteiger partial charge in [-0.05, 0) is 43.4 Å². The fourth-order valence-corrected chi connectivity index (χ4v) is 5.87. The zero-order valence-electron chi connectivity index (χ0n) is 10.7. The fourth-order valence-electron chi connectivity index (χ4n) is 3.38. The predicted molar refractivity (Wildman–Crippen MR) is 70.0 cm³/mol. The van der Waals surface area contributed by atoms with Gasteiger partial charge >= 0.3 is 0 Å². The molecule has 20 heavy (non-hydrogen) atoms. The third kappa shape index (κ3) is 1.85. The van der Waals surface area contributed by atoms with E-state index in [2.05, 4.69) is 0 Å². The van der Waals surface area contributed by atoms with Gasteiger partial charge in [0.1, 0.15) is 11.9 Å². The lowest BCUT2D eigenvalue weighted by Gasteiger charge is -2.36. The average molecular weight is 295 g/mol. The number of benzene rings is 1. The Morgan fingerprint density at radius 1 is 1.30 bits per heavy atom. The van der Waals surface area contributed by atoms with E-state index in [0.717, 1.165) is 6.07 Å². The molecule has 0 aliphatic carbocycles. The molecule has 2 aliphatic rings. The molecule has 0 aromatic heterocycles. The van der Waals surface area contributed by atoms with Gasteiger partial charge in [-0.2, -0.15) is 5.26 Å². The summed E-state index contributed by atoms with van der Waals surface area (Å²) in [5.41, 5.74) is -0.977. The van der Waals surface area contributed by atoms with Gasteiger partial charge in [0.2, 0.25) is 0 Å². The second kappa shape index (κ2) is 4.27. The van der Waals surface area contributed by atoms with E-state index in [1.165, 1.54) is 12.1 Å². The van der Waals surface area contributed by atoms with E-state index in [1.807, 2.05) is 0 Å². The number of sulfone groups is 1. The highest BCUT2D eigenvalue weighted by atomic mass is 32.2. The molecule has 0 spiro atoms. The quantitative estimate of drug-likeness (QED) is 0.854. The number of rotatable bonds is 1. The maximum Gasteiger partial charge on any atom is 0.156 e. The molecule has 2 fully saturated rings. The van der Waals surface area contributed by atoms with Crippen molar-refractivity contribution in [2.75, 3.05) is 0 Å². The number of nitrogens with zero attached hydrogens (tertiary/aromatic N) is 1. The predicted octanol–water partition coefficient (Wildman–Crippen LogP) is 1.62. The average Bonchev–Trinajstić information content (AvgIpc) is 2.59. The monoisotopic (exact) mass is 295 g/mol. The maximum absolute atomic E-state index is 13.4. The summed E-state index contributed by atoms with van der Waals surface area (Å²) in [7, 11) is -3.13. The summed E-state index contributed by atoms with van der Waals surface area (Å²) in [6, 6.07) is 5.66. The Kier molecular flexibility index (Phi) is 2.89. The van der Waals surface area contributed by atoms with Crippen LogP contribution in [0.5, 0.6) is 0 Å². The Morgan fingerprint density at radius 2 is 1.90 bits per heavy atom. The molecule has 2 aliphatic heterocycles. The molecule has 3 rings (SSSR count). The van der Waals surface area contributed by atoms with Crippen molar-refractivity contribution in [3.05, 3.63) is 35.1 Å². The van der Waals surface area contributed by atoms with Crippen molar-refractivity contribution in [3.63, 3.8) is 0 Å². The van der Waals surface area contributed by atoms with Gasteiger partial charge < -0.3 is 5.11 Å². The maximum atomic E-state index is 13.4. The van der Waals surface area contributed by atoms with Crippen LogP contribution in [-0.4, -0.2) is 24.0 Å². The third-order valence-corrected chi connectivity index (χ3v) is 7.16. The molecule has 1 aromatic rings. The first-order valence-corrected chi connectivity index (χ1v) is 8.13. The molecule has 2 atom stereocenters. The van der Waals surface area contributed by atoms with Crippen LogP contribution in [0.2, 0.25) is 0 Å². The lowest BCUT2D eigenvalue weighted by molar-refractivity contribution is 0.0172. The van der Waals surface area contributed by atoms with Gasteiger partial charge in [-0.15, -0.1) is 0 Å². The first-order valence-electron chi connectivity index (χ1n) is 6.52. The molecule has 106 valence electrons. The van der Waals surface area contributed by atoms with E-state index < -0.39 is 31.8 Å². The van der Waals surface area contributed by atoms with E-state index in [9.17, 15) is 17.9 Å². The van der Waals surface area contributed by atoms with Crippen LogP contribution < -0.4 is 0 Å². The van der Waals surface area contributed by atoms with E-state index in [4.69, 9.17) is 5.26 Å². The first kappa shape index (κ1) is 13.5. The summed E-state index contributed by atoms with van der Waals surface area (Å²) in [6.07, 6.45) is 1.40. The van der Waals surface area contributed by atoms with Crippen molar-refractivity contribution < 1.29 is 17.9 Å². The molecule has 2 heterocycles. The van der Waals surface area contributed by atoms with Crippen molar-refractivity contribution in [1.29, 1.82) is 5.26 Å². The largest absolute Gasteiger partial charge is 0.385 e. The summed E-state index contributed by atoms with van der Waals surface area (Å²) in [5, 5.41) is 18.6. The van der Waals surface area contributed by atoms with Gasteiger partial charge in [0.05, 0.1) is 21.7 Å². The van der Waals surface area contributed by atoms with E-state index >= 15 is 0 Å². The van der Waals surface area contributed by atoms with E-state index in [0.29, 0.717) is 18.4 Å². The van der Waals surface area contributed by atoms with Crippen molar-refractivity contribution in [3.8, 4) is 6.07 Å². The Bertz CT molecular complexity index is 688. The zero-order valence-corrected chi connectivity index (χ0v) is 11.5. The molecular formula is C14H14FNO3S. The molecule has 2 bridgehead atoms. The van der Waals surface area contributed by atoms with Crippen molar-refractivity contribution in [2.45, 2.75) is 41.8 Å². The lowest BCUT2D eigenvalue weighted by Crippen LogP contribution is -2.43. The number of aliphatic hydroxyl groups is 1. The van der Waals surface area contributed by atoms with Crippen LogP contribution in [0.15, 0.2) is 18.2 Å². The molecule has 2 saturated heterocycles. The minimum Gasteiger partial charge on any atom is -0.385 e. The molecule has 0 saturated carbocycles. The van der Waals surface area contributed by atoms with Crippen LogP contribution in [0.1, 0.15) is 36.8 Å². The smallest absolute Gasteiger partial charge is 0.156 e. The Labute approximate surface area is 116 Å². The Hall–Kier alpha value is -1.45. The van der Waals surface area contributed by atoms with Crippen molar-refractivity contribution in [2.24, 2.45) is 0 Å². The summed E-state index contributed by atoms with van der Waals surface area (Å²) in [6.45, 7) is 0. The number of nitriles is 1. The number of halogens is 1. The minimum atomic E-state index is -3.13. The van der Waals surface area contributed by atoms with E-state index in [-0.39, 0.29) is 18.4 Å². The Morgan fingerprint density at radius 3 is 2.45 bits per heavy atom. The number of fused-ring (bicyclic) bond motifs is 2. The summed E-state index contributed by atoms with van der Waals surface area (Å²) in [4.78, 5) is 0. The standard InChI is InChI=1S/C14H14FNO3S/c15-13-4-1-10(5-9(13)8-16)14(17)6-11-2-3-12(7-14)20(11,18)19/h1,4-5,11-12,17H,2-3,6-7H2. The SMILES string of the molecule is N#Cc1cc(C2(O)CC3CCC(C2)S3(=O)=O)ccc1F. The molecule has 1 N–H and O–H groups in total. The van der Waals surface area contributed by atoms with Gasteiger partial charge in [-0.3, -0.25) is 0 Å². The summed E-state index contributed by atoms with van der Waals surface area (Å²) >= 11 is 0. The van der Waals surface area contributed by atoms with Gasteiger partial charge in [-0.25, -0.2) is 12.8 Å². The van der Waals surface area contributed by atoms with Crippen molar-refractivity contribution in [1.82, 2.24) is 0 Å². The highest BCUT2D eigenvalue weighted by Crippen LogP contribution is 2.47. The summed E-state index contributed by atoms with van der Waals surface area (Å²) in [5.74, 6) is -0.633. The number of hydrogen-bond donors (Lipinski definition) is 1. The fraction of sp³-hybridized carbons (Fsp3) is 0.500. The Balaban J connectivity index is 2.01. The molecule has 1 aromatic carbocycles. The second-order valence-electron chi connectivity index (χ2n) is 5.66. The molecular weight excluding hydrogens is 281 g/mol. The topological polar surface area (TPSA) is 78.2 Å². The second-order valence-corrected chi connectivity index (χ2v) is 8.17. The lowest BCUT2D eigenvalue weighted by atomic mass is 9.85. The van der Waals surface area contributed by atoms with Gasteiger partial charge in [-0.1, -0.05) is 6.07 Å². The molecule has 2 unspecified atom stereocenters. The molecule has 0 amide bonds. The van der Waals surface area contributed by atoms with Crippen LogP contribution >= 0.6 is 0 Å². The highest BCUT2D eigenvalue weighted by Gasteiger charge is 2.53. The first-order chi connectivity index (χ1) is 9.37. The van der Waals surface area contributed by atoms with Crippen LogP contribution in [0.25, 0.3) is 0 Å². The van der Waals surface area contributed by atoms with Crippen LogP contribution in [0, 0.1) is 17.1 Å². The molecule has 6 heteroatoms. The minimum absolute atomic E-state index is 0.127. The van der Waals surface area contributed by atoms with E-state index in [1.54, 1.807) is 6.07 Å². The van der Waals surface area contributed by atoms with Gasteiger partial charge in [0, 0.05) is 0 Å². The van der Waals surface area contributed by atoms with Crippen LogP contribution in [-0.2, 0) is 15.4 Å². The zero-order chi connectivity index (χ0) is 14.5. The molecule has 0 radical (unpaired) electrons. The van der Waals surface area contributed by atoms with Gasteiger partial charge in [0.25, 0.3) is 0 Å². The third-order valence-electron chi connectivity index (χ3n) is 4.49. The molecule has 4 nitrogen and oxygen atoms in total. The van der Waals surface area contributed by atoms with Gasteiger partial charge in [0.15, 0.2) is 9.84 Å². The van der Waals surface area contributed by atoms with Crippen LogP contribution in [0.4, 0.5) is 4.39 Å². The highest BCUT2D eigenvalue weighted by molar-refractivity contribution is 7.93. The summed E-state index contributed by atoms with van der Waals surface area (Å²) < 4.78 is 37.4. The van der Waals surface area contributed by atoms with Crippen molar-refractivity contribution >= 4 is 9.84 Å². The van der Waals surface area contributed by atoms with Crippen LogP contribution in [0.3, 0.4) is 0 Å².